The molecule has 84 valence electrons. The Morgan fingerprint density at radius 1 is 1.36 bits per heavy atom. The number of nitrogens with one attached hydrogen (secondary N) is 1. The van der Waals surface area contributed by atoms with E-state index in [4.69, 9.17) is 0 Å². The number of hydrogen-bond donors (Lipinski definition) is 1. The normalized spacial score (nSPS) is 27.6. The van der Waals surface area contributed by atoms with E-state index in [9.17, 15) is 0 Å². The molecule has 0 aromatic carbocycles. The fraction of sp³-hybridized carbons (Fsp3) is 1.00. The first-order valence-electron chi connectivity index (χ1n) is 6.04. The van der Waals surface area contributed by atoms with E-state index in [1.54, 1.807) is 0 Å². The van der Waals surface area contributed by atoms with Crippen molar-refractivity contribution in [3.05, 3.63) is 0 Å². The lowest BCUT2D eigenvalue weighted by atomic mass is 10.0. The van der Waals surface area contributed by atoms with E-state index >= 15 is 0 Å². The van der Waals surface area contributed by atoms with Crippen LogP contribution >= 0.6 is 0 Å². The summed E-state index contributed by atoms with van der Waals surface area (Å²) in [5, 5.41) is 3.49. The van der Waals surface area contributed by atoms with Gasteiger partial charge in [0.05, 0.1) is 0 Å². The molecular weight excluding hydrogens is 172 g/mol. The smallest absolute Gasteiger partial charge is 0.0110 e. The van der Waals surface area contributed by atoms with Crippen molar-refractivity contribution in [2.45, 2.75) is 40.2 Å². The summed E-state index contributed by atoms with van der Waals surface area (Å²) in [6, 6.07) is 0.748. The van der Waals surface area contributed by atoms with E-state index in [1.165, 1.54) is 26.1 Å². The molecule has 1 aliphatic heterocycles. The fourth-order valence-electron chi connectivity index (χ4n) is 2.36. The number of nitrogens with zero attached hydrogens (tertiary/aromatic N) is 1. The highest BCUT2D eigenvalue weighted by Gasteiger charge is 2.19. The SMILES string of the molecule is CC(C)CC(C)N1CCNCC(C)C1. The van der Waals surface area contributed by atoms with Gasteiger partial charge in [-0.2, -0.15) is 0 Å². The largest absolute Gasteiger partial charge is 0.315 e. The van der Waals surface area contributed by atoms with Gasteiger partial charge in [0.25, 0.3) is 0 Å². The number of hydrogen-bond acceptors (Lipinski definition) is 2. The molecule has 2 unspecified atom stereocenters. The Labute approximate surface area is 89.1 Å². The predicted molar refractivity (Wildman–Crippen MR) is 62.5 cm³/mol. The Kier molecular flexibility index (Phi) is 4.90. The molecule has 1 N–H and O–H groups in total. The minimum Gasteiger partial charge on any atom is -0.315 e. The van der Waals surface area contributed by atoms with Gasteiger partial charge in [-0.25, -0.2) is 0 Å². The maximum atomic E-state index is 3.49. The van der Waals surface area contributed by atoms with Crippen LogP contribution in [0.1, 0.15) is 34.1 Å². The fourth-order valence-corrected chi connectivity index (χ4v) is 2.36. The van der Waals surface area contributed by atoms with Crippen LogP contribution in [0.5, 0.6) is 0 Å². The molecule has 2 atom stereocenters. The minimum atomic E-state index is 0.748. The molecule has 0 aromatic rings. The third-order valence-corrected chi connectivity index (χ3v) is 3.05. The van der Waals surface area contributed by atoms with Gasteiger partial charge in [0.1, 0.15) is 0 Å². The third-order valence-electron chi connectivity index (χ3n) is 3.05. The molecule has 1 heterocycles. The molecule has 0 saturated carbocycles. The van der Waals surface area contributed by atoms with E-state index in [1.807, 2.05) is 0 Å². The number of rotatable bonds is 3. The van der Waals surface area contributed by atoms with Gasteiger partial charge in [0, 0.05) is 25.7 Å². The Morgan fingerprint density at radius 3 is 2.71 bits per heavy atom. The van der Waals surface area contributed by atoms with Gasteiger partial charge < -0.3 is 5.32 Å². The van der Waals surface area contributed by atoms with E-state index < -0.39 is 0 Å². The molecule has 0 aliphatic carbocycles. The summed E-state index contributed by atoms with van der Waals surface area (Å²) in [7, 11) is 0. The molecule has 0 bridgehead atoms. The van der Waals surface area contributed by atoms with Crippen molar-refractivity contribution in [3.63, 3.8) is 0 Å². The van der Waals surface area contributed by atoms with E-state index in [0.717, 1.165) is 24.4 Å². The van der Waals surface area contributed by atoms with Gasteiger partial charge >= 0.3 is 0 Å². The lowest BCUT2D eigenvalue weighted by Gasteiger charge is -2.30. The molecule has 1 fully saturated rings. The summed E-state index contributed by atoms with van der Waals surface area (Å²) >= 11 is 0. The van der Waals surface area contributed by atoms with Crippen LogP contribution < -0.4 is 5.32 Å². The Hall–Kier alpha value is -0.0800. The summed E-state index contributed by atoms with van der Waals surface area (Å²) in [6.45, 7) is 14.2. The second-order valence-electron chi connectivity index (χ2n) is 5.28. The second-order valence-corrected chi connectivity index (χ2v) is 5.28. The van der Waals surface area contributed by atoms with Gasteiger partial charge in [-0.15, -0.1) is 0 Å². The van der Waals surface area contributed by atoms with Crippen molar-refractivity contribution in [3.8, 4) is 0 Å². The van der Waals surface area contributed by atoms with Crippen molar-refractivity contribution >= 4 is 0 Å². The average molecular weight is 198 g/mol. The quantitative estimate of drug-likeness (QED) is 0.746. The molecule has 0 spiro atoms. The maximum absolute atomic E-state index is 3.49. The van der Waals surface area contributed by atoms with Crippen LogP contribution in [-0.4, -0.2) is 37.1 Å². The summed E-state index contributed by atoms with van der Waals surface area (Å²) in [4.78, 5) is 2.64. The summed E-state index contributed by atoms with van der Waals surface area (Å²) in [5.41, 5.74) is 0. The molecule has 1 saturated heterocycles. The van der Waals surface area contributed by atoms with Gasteiger partial charge in [0.15, 0.2) is 0 Å². The zero-order valence-corrected chi connectivity index (χ0v) is 10.2. The van der Waals surface area contributed by atoms with Crippen LogP contribution in [0.15, 0.2) is 0 Å². The first-order chi connectivity index (χ1) is 6.59. The molecule has 1 rings (SSSR count). The van der Waals surface area contributed by atoms with Gasteiger partial charge in [0.2, 0.25) is 0 Å². The topological polar surface area (TPSA) is 15.3 Å². The maximum Gasteiger partial charge on any atom is 0.0110 e. The summed E-state index contributed by atoms with van der Waals surface area (Å²) in [6.07, 6.45) is 1.33. The first-order valence-corrected chi connectivity index (χ1v) is 6.04. The van der Waals surface area contributed by atoms with Crippen LogP contribution in [-0.2, 0) is 0 Å². The van der Waals surface area contributed by atoms with Crippen LogP contribution in [0.25, 0.3) is 0 Å². The molecule has 2 nitrogen and oxygen atoms in total. The van der Waals surface area contributed by atoms with E-state index in [0.29, 0.717) is 0 Å². The molecule has 1 aliphatic rings. The molecular formula is C12H26N2. The van der Waals surface area contributed by atoms with Crippen LogP contribution in [0.2, 0.25) is 0 Å². The molecule has 0 aromatic heterocycles. The first kappa shape index (κ1) is 12.0. The Morgan fingerprint density at radius 2 is 2.07 bits per heavy atom. The van der Waals surface area contributed by atoms with Crippen molar-refractivity contribution in [1.29, 1.82) is 0 Å². The van der Waals surface area contributed by atoms with E-state index in [2.05, 4.69) is 37.9 Å². The molecule has 14 heavy (non-hydrogen) atoms. The lowest BCUT2D eigenvalue weighted by Crippen LogP contribution is -2.38. The van der Waals surface area contributed by atoms with Gasteiger partial charge in [-0.3, -0.25) is 4.90 Å². The zero-order chi connectivity index (χ0) is 10.6. The van der Waals surface area contributed by atoms with Gasteiger partial charge in [-0.1, -0.05) is 20.8 Å². The highest BCUT2D eigenvalue weighted by molar-refractivity contribution is 4.75. The van der Waals surface area contributed by atoms with E-state index in [-0.39, 0.29) is 0 Å². The standard InChI is InChI=1S/C12H26N2/c1-10(2)7-12(4)14-6-5-13-8-11(3)9-14/h10-13H,5-9H2,1-4H3. The molecule has 0 amide bonds. The van der Waals surface area contributed by atoms with Crippen LogP contribution in [0.4, 0.5) is 0 Å². The monoisotopic (exact) mass is 198 g/mol. The minimum absolute atomic E-state index is 0.748. The molecule has 0 radical (unpaired) electrons. The van der Waals surface area contributed by atoms with Crippen molar-refractivity contribution in [1.82, 2.24) is 10.2 Å². The zero-order valence-electron chi connectivity index (χ0n) is 10.2. The van der Waals surface area contributed by atoms with Crippen molar-refractivity contribution in [2.24, 2.45) is 11.8 Å². The van der Waals surface area contributed by atoms with Crippen molar-refractivity contribution < 1.29 is 0 Å². The second kappa shape index (κ2) is 5.72. The summed E-state index contributed by atoms with van der Waals surface area (Å²) in [5.74, 6) is 1.61. The Balaban J connectivity index is 2.39. The average Bonchev–Trinajstić information content (AvgIpc) is 2.28. The third kappa shape index (κ3) is 3.97. The van der Waals surface area contributed by atoms with Gasteiger partial charge in [-0.05, 0) is 31.7 Å². The summed E-state index contributed by atoms with van der Waals surface area (Å²) < 4.78 is 0. The predicted octanol–water partition coefficient (Wildman–Crippen LogP) is 1.96. The highest BCUT2D eigenvalue weighted by Crippen LogP contribution is 2.13. The lowest BCUT2D eigenvalue weighted by molar-refractivity contribution is 0.181. The molecule has 2 heteroatoms. The Bertz CT molecular complexity index is 156. The highest BCUT2D eigenvalue weighted by atomic mass is 15.2. The van der Waals surface area contributed by atoms with Crippen molar-refractivity contribution in [2.75, 3.05) is 26.2 Å². The van der Waals surface area contributed by atoms with Crippen LogP contribution in [0, 0.1) is 11.8 Å². The van der Waals surface area contributed by atoms with Crippen LogP contribution in [0.3, 0.4) is 0 Å².